The molecule has 0 radical (unpaired) electrons. The highest BCUT2D eigenvalue weighted by atomic mass is 35.5. The Morgan fingerprint density at radius 2 is 1.62 bits per heavy atom. The Morgan fingerprint density at radius 3 is 2.08 bits per heavy atom. The Bertz CT molecular complexity index is 342. The van der Waals surface area contributed by atoms with Crippen LogP contribution in [0.25, 0.3) is 0 Å². The van der Waals surface area contributed by atoms with E-state index in [0.29, 0.717) is 6.07 Å². The van der Waals surface area contributed by atoms with E-state index in [0.717, 1.165) is 0 Å². The number of benzene rings is 1. The lowest BCUT2D eigenvalue weighted by Crippen LogP contribution is -2.21. The molecule has 0 heterocycles. The van der Waals surface area contributed by atoms with Crippen LogP contribution < -0.4 is 10.4 Å². The van der Waals surface area contributed by atoms with E-state index >= 15 is 0 Å². The van der Waals surface area contributed by atoms with E-state index in [9.17, 15) is 17.6 Å². The van der Waals surface area contributed by atoms with Crippen molar-refractivity contribution < 1.29 is 17.6 Å². The highest BCUT2D eigenvalue weighted by molar-refractivity contribution is 6.24. The van der Waals surface area contributed by atoms with E-state index in [-0.39, 0.29) is 4.53 Å². The van der Waals surface area contributed by atoms with E-state index in [4.69, 9.17) is 17.6 Å². The van der Waals surface area contributed by atoms with Crippen LogP contribution in [0.5, 0.6) is 0 Å². The summed E-state index contributed by atoms with van der Waals surface area (Å²) < 4.78 is 50.1. The molecular weight excluding hydrogens is 212 g/mol. The van der Waals surface area contributed by atoms with Gasteiger partial charge in [-0.15, -0.1) is 0 Å². The third kappa shape index (κ3) is 1.68. The van der Waals surface area contributed by atoms with E-state index in [2.05, 4.69) is 0 Å². The van der Waals surface area contributed by atoms with Crippen LogP contribution in [0.1, 0.15) is 0 Å². The summed E-state index contributed by atoms with van der Waals surface area (Å²) in [6, 6.07) is 0.348. The monoisotopic (exact) mass is 214 g/mol. The fraction of sp³-hybridized carbons (Fsp3) is 0. The SMILES string of the molecule is NN(Cl)c1cc(F)c(F)c(F)c1F. The third-order valence-electron chi connectivity index (χ3n) is 1.31. The molecule has 0 atom stereocenters. The molecule has 0 aliphatic rings. The molecule has 2 N–H and O–H groups in total. The summed E-state index contributed by atoms with van der Waals surface area (Å²) in [5.74, 6) is -2.26. The summed E-state index contributed by atoms with van der Waals surface area (Å²) in [7, 11) is 0. The van der Waals surface area contributed by atoms with Crippen molar-refractivity contribution in [1.29, 1.82) is 0 Å². The number of rotatable bonds is 1. The van der Waals surface area contributed by atoms with Gasteiger partial charge >= 0.3 is 0 Å². The molecule has 0 unspecified atom stereocenters. The lowest BCUT2D eigenvalue weighted by molar-refractivity contribution is 0.410. The molecule has 0 aliphatic heterocycles. The summed E-state index contributed by atoms with van der Waals surface area (Å²) in [5, 5.41) is 0. The summed E-state index contributed by atoms with van der Waals surface area (Å²) in [5.41, 5.74) is -0.780. The molecule has 1 aromatic carbocycles. The first-order chi connectivity index (χ1) is 5.95. The number of nitrogens with zero attached hydrogens (tertiary/aromatic N) is 1. The maximum Gasteiger partial charge on any atom is 0.199 e. The fourth-order valence-electron chi connectivity index (χ4n) is 0.716. The maximum atomic E-state index is 12.7. The van der Waals surface area contributed by atoms with Crippen molar-refractivity contribution in [1.82, 2.24) is 0 Å². The molecule has 72 valence electrons. The zero-order chi connectivity index (χ0) is 10.2. The molecule has 1 aromatic rings. The van der Waals surface area contributed by atoms with Gasteiger partial charge in [-0.1, -0.05) is 0 Å². The zero-order valence-corrected chi connectivity index (χ0v) is 6.75. The topological polar surface area (TPSA) is 29.3 Å². The first-order valence-corrected chi connectivity index (χ1v) is 3.32. The van der Waals surface area contributed by atoms with Crippen molar-refractivity contribution in [2.75, 3.05) is 4.53 Å². The van der Waals surface area contributed by atoms with Crippen molar-refractivity contribution >= 4 is 17.5 Å². The Hall–Kier alpha value is -1.01. The van der Waals surface area contributed by atoms with Crippen molar-refractivity contribution in [2.45, 2.75) is 0 Å². The largest absolute Gasteiger partial charge is 0.232 e. The van der Waals surface area contributed by atoms with Crippen LogP contribution in [-0.4, -0.2) is 0 Å². The van der Waals surface area contributed by atoms with Gasteiger partial charge in [-0.3, -0.25) is 0 Å². The standard InChI is InChI=1S/C6H3ClF4N2/c7-13(12)3-1-2(8)4(9)6(11)5(3)10/h1H,12H2. The van der Waals surface area contributed by atoms with Crippen LogP contribution in [0.4, 0.5) is 23.2 Å². The second-order valence-corrected chi connectivity index (χ2v) is 2.49. The Kier molecular flexibility index (Phi) is 2.63. The summed E-state index contributed by atoms with van der Waals surface area (Å²) in [6.07, 6.45) is 0. The first-order valence-electron chi connectivity index (χ1n) is 2.98. The average molecular weight is 215 g/mol. The number of hydrogen-bond acceptors (Lipinski definition) is 2. The lowest BCUT2D eigenvalue weighted by atomic mass is 10.3. The van der Waals surface area contributed by atoms with Gasteiger partial charge in [0.2, 0.25) is 0 Å². The normalized spacial score (nSPS) is 10.3. The second-order valence-electron chi connectivity index (χ2n) is 2.13. The van der Waals surface area contributed by atoms with E-state index < -0.39 is 29.0 Å². The van der Waals surface area contributed by atoms with Crippen LogP contribution in [-0.2, 0) is 0 Å². The Labute approximate surface area is 75.6 Å². The maximum absolute atomic E-state index is 12.7. The van der Waals surface area contributed by atoms with E-state index in [1.165, 1.54) is 0 Å². The molecule has 0 aromatic heterocycles. The molecular formula is C6H3ClF4N2. The number of anilines is 1. The molecule has 0 bridgehead atoms. The molecule has 7 heteroatoms. The fourth-order valence-corrected chi connectivity index (χ4v) is 0.839. The van der Waals surface area contributed by atoms with Gasteiger partial charge in [0.25, 0.3) is 0 Å². The highest BCUT2D eigenvalue weighted by Gasteiger charge is 2.20. The van der Waals surface area contributed by atoms with Gasteiger partial charge in [0.05, 0.1) is 0 Å². The van der Waals surface area contributed by atoms with Gasteiger partial charge in [-0.2, -0.15) is 0 Å². The smallest absolute Gasteiger partial charge is 0.199 e. The molecule has 0 aliphatic carbocycles. The number of hydrazine groups is 1. The number of nitrogens with two attached hydrogens (primary N) is 1. The number of halogens is 5. The predicted octanol–water partition coefficient (Wildman–Crippen LogP) is 2.08. The lowest BCUT2D eigenvalue weighted by Gasteiger charge is -2.10. The summed E-state index contributed by atoms with van der Waals surface area (Å²) in [4.78, 5) is 0. The molecule has 0 fully saturated rings. The second kappa shape index (κ2) is 3.39. The van der Waals surface area contributed by atoms with Gasteiger partial charge in [0.15, 0.2) is 23.3 Å². The summed E-state index contributed by atoms with van der Waals surface area (Å²) in [6.45, 7) is 0. The third-order valence-corrected chi connectivity index (χ3v) is 1.50. The van der Waals surface area contributed by atoms with Gasteiger partial charge in [0, 0.05) is 17.8 Å². The van der Waals surface area contributed by atoms with Crippen LogP contribution in [0.3, 0.4) is 0 Å². The van der Waals surface area contributed by atoms with Crippen molar-refractivity contribution in [3.63, 3.8) is 0 Å². The number of hydrogen-bond donors (Lipinski definition) is 1. The van der Waals surface area contributed by atoms with Gasteiger partial charge in [-0.25, -0.2) is 27.9 Å². The molecule has 13 heavy (non-hydrogen) atoms. The van der Waals surface area contributed by atoms with Crippen molar-refractivity contribution in [3.8, 4) is 0 Å². The van der Waals surface area contributed by atoms with E-state index in [1.54, 1.807) is 0 Å². The highest BCUT2D eigenvalue weighted by Crippen LogP contribution is 2.25. The Balaban J connectivity index is 3.41. The van der Waals surface area contributed by atoms with E-state index in [1.807, 2.05) is 0 Å². The van der Waals surface area contributed by atoms with Crippen molar-refractivity contribution in [3.05, 3.63) is 29.3 Å². The van der Waals surface area contributed by atoms with Crippen molar-refractivity contribution in [2.24, 2.45) is 5.84 Å². The quantitative estimate of drug-likeness (QED) is 0.194. The van der Waals surface area contributed by atoms with Crippen LogP contribution >= 0.6 is 11.8 Å². The Morgan fingerprint density at radius 1 is 1.08 bits per heavy atom. The zero-order valence-electron chi connectivity index (χ0n) is 5.99. The minimum Gasteiger partial charge on any atom is -0.232 e. The molecule has 1 rings (SSSR count). The minimum atomic E-state index is -1.95. The molecule has 0 spiro atoms. The molecule has 0 amide bonds. The van der Waals surface area contributed by atoms with Gasteiger partial charge in [-0.05, 0) is 0 Å². The molecule has 0 saturated carbocycles. The summed E-state index contributed by atoms with van der Waals surface area (Å²) >= 11 is 5.02. The molecule has 0 saturated heterocycles. The predicted molar refractivity (Wildman–Crippen MR) is 38.8 cm³/mol. The molecule has 2 nitrogen and oxygen atoms in total. The van der Waals surface area contributed by atoms with Gasteiger partial charge < -0.3 is 0 Å². The minimum absolute atomic E-state index is 0.126. The first kappa shape index (κ1) is 10.1. The van der Waals surface area contributed by atoms with Crippen LogP contribution in [0.15, 0.2) is 6.07 Å². The van der Waals surface area contributed by atoms with Crippen LogP contribution in [0, 0.1) is 23.3 Å². The van der Waals surface area contributed by atoms with Gasteiger partial charge in [0.1, 0.15) is 5.69 Å². The van der Waals surface area contributed by atoms with Crippen LogP contribution in [0.2, 0.25) is 0 Å². The average Bonchev–Trinajstić information content (AvgIpc) is 2.07.